The molecule has 0 fully saturated rings. The summed E-state index contributed by atoms with van der Waals surface area (Å²) in [5, 5.41) is 9.38. The van der Waals surface area contributed by atoms with Crippen molar-refractivity contribution in [3.05, 3.63) is 0 Å². The van der Waals surface area contributed by atoms with Crippen LogP contribution < -0.4 is 4.89 Å². The Labute approximate surface area is 198 Å². The highest BCUT2D eigenvalue weighted by molar-refractivity contribution is 7.45. The number of ether oxygens (including phenoxy) is 1. The molecule has 0 aromatic rings. The maximum Gasteiger partial charge on any atom is 0.268 e. The number of aliphatic hydroxyl groups excluding tert-OH is 1. The Kier molecular flexibility index (Phi) is 20.4. The van der Waals surface area contributed by atoms with Gasteiger partial charge < -0.3 is 28.3 Å². The number of quaternary nitrogens is 1. The molecule has 2 unspecified atom stereocenters. The third-order valence-corrected chi connectivity index (χ3v) is 6.45. The standard InChI is InChI=1S/C24H52NO6P/c1-5-6-7-8-9-10-11-12-13-14-15-16-17-18-20-29-24(22-26)23-31-32(27,28)30-21-19-25(2,3)4/h24,26H,5-23H2,1-4H3. The van der Waals surface area contributed by atoms with Crippen LogP contribution in [0.5, 0.6) is 0 Å². The molecule has 0 saturated heterocycles. The van der Waals surface area contributed by atoms with E-state index in [2.05, 4.69) is 6.92 Å². The van der Waals surface area contributed by atoms with Gasteiger partial charge in [0.15, 0.2) is 0 Å². The predicted octanol–water partition coefficient (Wildman–Crippen LogP) is 5.05. The monoisotopic (exact) mass is 481 g/mol. The van der Waals surface area contributed by atoms with Crippen molar-refractivity contribution < 1.29 is 32.8 Å². The Morgan fingerprint density at radius 1 is 0.781 bits per heavy atom. The molecule has 0 saturated carbocycles. The van der Waals surface area contributed by atoms with Crippen LogP contribution in [0.4, 0.5) is 0 Å². The second kappa shape index (κ2) is 20.4. The zero-order valence-corrected chi connectivity index (χ0v) is 22.3. The van der Waals surface area contributed by atoms with Crippen molar-refractivity contribution in [2.45, 2.75) is 103 Å². The average Bonchev–Trinajstić information content (AvgIpc) is 2.72. The minimum atomic E-state index is -4.37. The van der Waals surface area contributed by atoms with Crippen LogP contribution in [0.3, 0.4) is 0 Å². The minimum Gasteiger partial charge on any atom is -0.756 e. The fourth-order valence-corrected chi connectivity index (χ4v) is 4.07. The number of hydrogen-bond acceptors (Lipinski definition) is 6. The summed E-state index contributed by atoms with van der Waals surface area (Å²) in [7, 11) is 1.48. The van der Waals surface area contributed by atoms with Gasteiger partial charge in [0, 0.05) is 6.61 Å². The third-order valence-electron chi connectivity index (χ3n) is 5.49. The van der Waals surface area contributed by atoms with Gasteiger partial charge in [-0.15, -0.1) is 0 Å². The quantitative estimate of drug-likeness (QED) is 0.118. The number of hydrogen-bond donors (Lipinski definition) is 1. The molecule has 0 aliphatic heterocycles. The molecule has 32 heavy (non-hydrogen) atoms. The molecule has 0 aliphatic rings. The first-order chi connectivity index (χ1) is 15.2. The lowest BCUT2D eigenvalue weighted by Crippen LogP contribution is -2.37. The van der Waals surface area contributed by atoms with E-state index in [4.69, 9.17) is 13.8 Å². The van der Waals surface area contributed by atoms with Gasteiger partial charge in [-0.1, -0.05) is 90.4 Å². The number of rotatable bonds is 24. The van der Waals surface area contributed by atoms with E-state index in [1.54, 1.807) is 0 Å². The van der Waals surface area contributed by atoms with E-state index in [1.165, 1.54) is 77.0 Å². The first-order valence-electron chi connectivity index (χ1n) is 12.8. The summed E-state index contributed by atoms with van der Waals surface area (Å²) >= 11 is 0. The van der Waals surface area contributed by atoms with Crippen LogP contribution in [0, 0.1) is 0 Å². The lowest BCUT2D eigenvalue weighted by molar-refractivity contribution is -0.870. The van der Waals surface area contributed by atoms with Gasteiger partial charge in [0.2, 0.25) is 0 Å². The molecule has 2 atom stereocenters. The van der Waals surface area contributed by atoms with Crippen LogP contribution >= 0.6 is 7.82 Å². The van der Waals surface area contributed by atoms with Crippen LogP contribution in [0.25, 0.3) is 0 Å². The maximum atomic E-state index is 11.8. The molecule has 0 radical (unpaired) electrons. The Morgan fingerprint density at radius 3 is 1.69 bits per heavy atom. The van der Waals surface area contributed by atoms with Crippen molar-refractivity contribution in [1.29, 1.82) is 0 Å². The summed E-state index contributed by atoms with van der Waals surface area (Å²) in [6, 6.07) is 0. The van der Waals surface area contributed by atoms with Crippen LogP contribution in [0.15, 0.2) is 0 Å². The van der Waals surface area contributed by atoms with E-state index in [0.717, 1.165) is 12.8 Å². The molecule has 0 spiro atoms. The summed E-state index contributed by atoms with van der Waals surface area (Å²) in [4.78, 5) is 11.8. The van der Waals surface area contributed by atoms with Gasteiger partial charge in [0.25, 0.3) is 7.82 Å². The third kappa shape index (κ3) is 23.2. The van der Waals surface area contributed by atoms with Crippen molar-refractivity contribution in [2.75, 3.05) is 54.1 Å². The normalized spacial score (nSPS) is 15.1. The Bertz CT molecular complexity index is 458. The Morgan fingerprint density at radius 2 is 1.25 bits per heavy atom. The number of nitrogens with zero attached hydrogens (tertiary/aromatic N) is 1. The van der Waals surface area contributed by atoms with Crippen molar-refractivity contribution in [1.82, 2.24) is 0 Å². The summed E-state index contributed by atoms with van der Waals surface area (Å²) in [5.41, 5.74) is 0. The molecule has 8 heteroatoms. The van der Waals surface area contributed by atoms with E-state index in [9.17, 15) is 14.6 Å². The summed E-state index contributed by atoms with van der Waals surface area (Å²) in [6.45, 7) is 2.87. The van der Waals surface area contributed by atoms with Gasteiger partial charge >= 0.3 is 0 Å². The summed E-state index contributed by atoms with van der Waals surface area (Å²) in [6.07, 6.45) is 17.5. The Hall–Kier alpha value is -0.0100. The largest absolute Gasteiger partial charge is 0.756 e. The molecule has 0 aromatic heterocycles. The van der Waals surface area contributed by atoms with Crippen LogP contribution in [0.2, 0.25) is 0 Å². The zero-order chi connectivity index (χ0) is 24.1. The molecule has 0 rings (SSSR count). The molecule has 194 valence electrons. The van der Waals surface area contributed by atoms with Crippen LogP contribution in [-0.2, 0) is 18.3 Å². The van der Waals surface area contributed by atoms with Gasteiger partial charge in [0.1, 0.15) is 19.3 Å². The van der Waals surface area contributed by atoms with E-state index in [0.29, 0.717) is 17.6 Å². The number of phosphoric ester groups is 1. The van der Waals surface area contributed by atoms with E-state index < -0.39 is 13.9 Å². The molecule has 0 amide bonds. The second-order valence-electron chi connectivity index (χ2n) is 9.86. The highest BCUT2D eigenvalue weighted by atomic mass is 31.2. The molecule has 7 nitrogen and oxygen atoms in total. The van der Waals surface area contributed by atoms with Crippen molar-refractivity contribution in [2.24, 2.45) is 0 Å². The number of aliphatic hydroxyl groups is 1. The Balaban J connectivity index is 3.56. The van der Waals surface area contributed by atoms with Gasteiger partial charge in [-0.3, -0.25) is 4.57 Å². The molecule has 0 heterocycles. The predicted molar refractivity (Wildman–Crippen MR) is 130 cm³/mol. The fraction of sp³-hybridized carbons (Fsp3) is 1.00. The molecular formula is C24H52NO6P. The van der Waals surface area contributed by atoms with Crippen LogP contribution in [0.1, 0.15) is 96.8 Å². The highest BCUT2D eigenvalue weighted by Crippen LogP contribution is 2.38. The second-order valence-corrected chi connectivity index (χ2v) is 11.3. The lowest BCUT2D eigenvalue weighted by atomic mass is 10.0. The smallest absolute Gasteiger partial charge is 0.268 e. The van der Waals surface area contributed by atoms with Crippen molar-refractivity contribution >= 4 is 7.82 Å². The molecule has 1 N–H and O–H groups in total. The minimum absolute atomic E-state index is 0.0635. The number of phosphoric acid groups is 1. The van der Waals surface area contributed by atoms with Gasteiger partial charge in [-0.25, -0.2) is 0 Å². The van der Waals surface area contributed by atoms with Gasteiger partial charge in [0.05, 0.1) is 34.4 Å². The first-order valence-corrected chi connectivity index (χ1v) is 14.3. The van der Waals surface area contributed by atoms with E-state index >= 15 is 0 Å². The van der Waals surface area contributed by atoms with Gasteiger partial charge in [-0.2, -0.15) is 0 Å². The zero-order valence-electron chi connectivity index (χ0n) is 21.4. The number of likely N-dealkylation sites (N-methyl/N-ethyl adjacent to an activating group) is 1. The summed E-state index contributed by atoms with van der Waals surface area (Å²) < 4.78 is 27.7. The number of unbranched alkanes of at least 4 members (excludes halogenated alkanes) is 13. The lowest BCUT2D eigenvalue weighted by Gasteiger charge is -2.28. The molecule has 0 aliphatic carbocycles. The fourth-order valence-electron chi connectivity index (χ4n) is 3.34. The van der Waals surface area contributed by atoms with Crippen molar-refractivity contribution in [3.8, 4) is 0 Å². The van der Waals surface area contributed by atoms with Crippen molar-refractivity contribution in [3.63, 3.8) is 0 Å². The first kappa shape index (κ1) is 32.0. The maximum absolute atomic E-state index is 11.8. The SMILES string of the molecule is CCCCCCCCCCCCCCCCOC(CO)COP(=O)([O-])OCC[N+](C)(C)C. The van der Waals surface area contributed by atoms with Crippen LogP contribution in [-0.4, -0.2) is 69.8 Å². The van der Waals surface area contributed by atoms with Gasteiger partial charge in [-0.05, 0) is 6.42 Å². The average molecular weight is 482 g/mol. The van der Waals surface area contributed by atoms with E-state index in [1.807, 2.05) is 21.1 Å². The molecular weight excluding hydrogens is 429 g/mol. The summed E-state index contributed by atoms with van der Waals surface area (Å²) in [5.74, 6) is 0. The topological polar surface area (TPSA) is 88.0 Å². The van der Waals surface area contributed by atoms with E-state index in [-0.39, 0.29) is 19.8 Å². The molecule has 0 bridgehead atoms. The molecule has 0 aromatic carbocycles. The highest BCUT2D eigenvalue weighted by Gasteiger charge is 2.16.